The summed E-state index contributed by atoms with van der Waals surface area (Å²) in [5.74, 6) is 0. The summed E-state index contributed by atoms with van der Waals surface area (Å²) in [6, 6.07) is 18.5. The fraction of sp³-hybridized carbons (Fsp3) is 0.217. The van der Waals surface area contributed by atoms with Gasteiger partial charge in [-0.3, -0.25) is 8.74 Å². The Hall–Kier alpha value is -2.52. The van der Waals surface area contributed by atoms with Crippen molar-refractivity contribution in [2.24, 2.45) is 0 Å². The van der Waals surface area contributed by atoms with E-state index >= 15 is 0 Å². The second kappa shape index (κ2) is 9.32. The Labute approximate surface area is 183 Å². The van der Waals surface area contributed by atoms with E-state index < -0.39 is 20.2 Å². The molecule has 0 unspecified atom stereocenters. The Bertz CT molecular complexity index is 1260. The average Bonchev–Trinajstić information content (AvgIpc) is 2.71. The average molecular weight is 461 g/mol. The van der Waals surface area contributed by atoms with Gasteiger partial charge >= 0.3 is 0 Å². The molecule has 1 N–H and O–H groups in total. The quantitative estimate of drug-likeness (QED) is 0.301. The number of aryl methyl sites for hydroxylation is 3. The molecule has 0 bridgehead atoms. The lowest BCUT2D eigenvalue weighted by atomic mass is 9.98. The van der Waals surface area contributed by atoms with Crippen LogP contribution in [-0.4, -0.2) is 28.0 Å². The third-order valence-corrected chi connectivity index (χ3v) is 7.11. The molecule has 31 heavy (non-hydrogen) atoms. The summed E-state index contributed by atoms with van der Waals surface area (Å²) in [6.07, 6.45) is 1.16. The number of benzene rings is 3. The van der Waals surface area contributed by atoms with Crippen molar-refractivity contribution >= 4 is 20.2 Å². The van der Waals surface area contributed by atoms with Crippen molar-refractivity contribution in [1.29, 1.82) is 0 Å². The molecule has 0 aromatic heterocycles. The van der Waals surface area contributed by atoms with Crippen molar-refractivity contribution in [2.75, 3.05) is 6.61 Å². The summed E-state index contributed by atoms with van der Waals surface area (Å²) in [5, 5.41) is 0. The molecule has 0 fully saturated rings. The third-order valence-electron chi connectivity index (χ3n) is 4.93. The van der Waals surface area contributed by atoms with Gasteiger partial charge in [0.25, 0.3) is 20.2 Å². The van der Waals surface area contributed by atoms with Crippen LogP contribution in [0.1, 0.15) is 23.1 Å². The van der Waals surface area contributed by atoms with E-state index in [1.165, 1.54) is 24.3 Å². The summed E-state index contributed by atoms with van der Waals surface area (Å²) in [4.78, 5) is -0.00550. The van der Waals surface area contributed by atoms with Crippen molar-refractivity contribution in [2.45, 2.75) is 36.5 Å². The molecule has 3 rings (SSSR count). The highest BCUT2D eigenvalue weighted by atomic mass is 32.2. The summed E-state index contributed by atoms with van der Waals surface area (Å²) in [6.45, 7) is 3.82. The maximum absolute atomic E-state index is 12.2. The number of rotatable bonds is 8. The van der Waals surface area contributed by atoms with Crippen LogP contribution in [0.4, 0.5) is 0 Å². The maximum atomic E-state index is 12.2. The van der Waals surface area contributed by atoms with Gasteiger partial charge < -0.3 is 0 Å². The van der Waals surface area contributed by atoms with E-state index in [4.69, 9.17) is 4.18 Å². The first kappa shape index (κ1) is 23.1. The van der Waals surface area contributed by atoms with Crippen LogP contribution >= 0.6 is 0 Å². The van der Waals surface area contributed by atoms with Crippen LogP contribution in [0.25, 0.3) is 11.1 Å². The highest BCUT2D eigenvalue weighted by Crippen LogP contribution is 2.27. The van der Waals surface area contributed by atoms with Crippen molar-refractivity contribution in [1.82, 2.24) is 0 Å². The lowest BCUT2D eigenvalue weighted by Crippen LogP contribution is -2.08. The molecule has 0 saturated carbocycles. The molecule has 0 atom stereocenters. The molecule has 0 aliphatic rings. The molecule has 3 aromatic rings. The molecular weight excluding hydrogens is 436 g/mol. The van der Waals surface area contributed by atoms with Gasteiger partial charge in [-0.15, -0.1) is 0 Å². The summed E-state index contributed by atoms with van der Waals surface area (Å²) in [5.41, 5.74) is 4.40. The maximum Gasteiger partial charge on any atom is 0.296 e. The molecule has 0 aliphatic carbocycles. The van der Waals surface area contributed by atoms with Gasteiger partial charge in [0.2, 0.25) is 0 Å². The van der Waals surface area contributed by atoms with Crippen LogP contribution in [0, 0.1) is 13.8 Å². The monoisotopic (exact) mass is 460 g/mol. The van der Waals surface area contributed by atoms with E-state index in [1.54, 1.807) is 18.2 Å². The predicted molar refractivity (Wildman–Crippen MR) is 119 cm³/mol. The highest BCUT2D eigenvalue weighted by Gasteiger charge is 2.15. The van der Waals surface area contributed by atoms with Gasteiger partial charge in [0, 0.05) is 0 Å². The van der Waals surface area contributed by atoms with E-state index in [0.717, 1.165) is 22.3 Å². The van der Waals surface area contributed by atoms with E-state index in [1.807, 2.05) is 38.1 Å². The van der Waals surface area contributed by atoms with Gasteiger partial charge in [-0.05, 0) is 73.2 Å². The minimum Gasteiger partial charge on any atom is -0.282 e. The third kappa shape index (κ3) is 6.01. The van der Waals surface area contributed by atoms with Gasteiger partial charge in [0.05, 0.1) is 16.4 Å². The second-order valence-electron chi connectivity index (χ2n) is 7.34. The Balaban J connectivity index is 1.61. The molecule has 0 radical (unpaired) electrons. The molecule has 0 amide bonds. The van der Waals surface area contributed by atoms with Gasteiger partial charge in [-0.1, -0.05) is 48.0 Å². The molecule has 0 aliphatic heterocycles. The Morgan fingerprint density at radius 1 is 0.806 bits per heavy atom. The minimum absolute atomic E-state index is 0.0769. The first-order valence-corrected chi connectivity index (χ1v) is 12.5. The standard InChI is InChI=1S/C23H24O6S2/c1-17-5-12-21(13-6-17)31(27,28)29-15-3-4-19-8-10-20(11-9-19)23-16-22(30(24,25)26)14-7-18(23)2/h5-14,16H,3-4,15H2,1-2H3,(H,24,25,26). The summed E-state index contributed by atoms with van der Waals surface area (Å²) >= 11 is 0. The van der Waals surface area contributed by atoms with Crippen LogP contribution in [0.2, 0.25) is 0 Å². The summed E-state index contributed by atoms with van der Waals surface area (Å²) < 4.78 is 61.6. The van der Waals surface area contributed by atoms with Gasteiger partial charge in [0.1, 0.15) is 0 Å². The van der Waals surface area contributed by atoms with Crippen molar-refractivity contribution < 1.29 is 25.6 Å². The Morgan fingerprint density at radius 3 is 2.03 bits per heavy atom. The topological polar surface area (TPSA) is 97.7 Å². The molecule has 0 heterocycles. The second-order valence-corrected chi connectivity index (χ2v) is 10.4. The number of hydrogen-bond donors (Lipinski definition) is 1. The van der Waals surface area contributed by atoms with E-state index in [2.05, 4.69) is 0 Å². The molecule has 8 heteroatoms. The van der Waals surface area contributed by atoms with Crippen molar-refractivity contribution in [3.05, 3.63) is 83.4 Å². The van der Waals surface area contributed by atoms with Crippen molar-refractivity contribution in [3.63, 3.8) is 0 Å². The van der Waals surface area contributed by atoms with Crippen LogP contribution in [0.15, 0.2) is 76.5 Å². The van der Waals surface area contributed by atoms with E-state index in [0.29, 0.717) is 18.4 Å². The lowest BCUT2D eigenvalue weighted by molar-refractivity contribution is 0.312. The molecule has 6 nitrogen and oxygen atoms in total. The van der Waals surface area contributed by atoms with Crippen LogP contribution in [0.5, 0.6) is 0 Å². The van der Waals surface area contributed by atoms with Crippen LogP contribution in [0.3, 0.4) is 0 Å². The first-order chi connectivity index (χ1) is 14.6. The fourth-order valence-electron chi connectivity index (χ4n) is 3.14. The fourth-order valence-corrected chi connectivity index (χ4v) is 4.59. The van der Waals surface area contributed by atoms with Gasteiger partial charge in [-0.25, -0.2) is 0 Å². The molecule has 164 valence electrons. The first-order valence-electron chi connectivity index (χ1n) is 9.70. The largest absolute Gasteiger partial charge is 0.296 e. The molecular formula is C23H24O6S2. The van der Waals surface area contributed by atoms with Crippen molar-refractivity contribution in [3.8, 4) is 11.1 Å². The van der Waals surface area contributed by atoms with Crippen LogP contribution in [-0.2, 0) is 30.8 Å². The number of hydrogen-bond acceptors (Lipinski definition) is 5. The van der Waals surface area contributed by atoms with Gasteiger partial charge in [-0.2, -0.15) is 16.8 Å². The zero-order valence-electron chi connectivity index (χ0n) is 17.3. The Kier molecular flexibility index (Phi) is 6.96. The highest BCUT2D eigenvalue weighted by molar-refractivity contribution is 7.86. The zero-order valence-corrected chi connectivity index (χ0v) is 18.9. The lowest BCUT2D eigenvalue weighted by Gasteiger charge is -2.09. The SMILES string of the molecule is Cc1ccc(S(=O)(=O)OCCCc2ccc(-c3cc(S(=O)(=O)O)ccc3C)cc2)cc1. The Morgan fingerprint density at radius 2 is 1.42 bits per heavy atom. The van der Waals surface area contributed by atoms with E-state index in [9.17, 15) is 21.4 Å². The van der Waals surface area contributed by atoms with Crippen LogP contribution < -0.4 is 0 Å². The smallest absolute Gasteiger partial charge is 0.282 e. The van der Waals surface area contributed by atoms with E-state index in [-0.39, 0.29) is 16.4 Å². The predicted octanol–water partition coefficient (Wildman–Crippen LogP) is 4.56. The zero-order chi connectivity index (χ0) is 22.6. The minimum atomic E-state index is -4.27. The molecule has 0 saturated heterocycles. The molecule has 0 spiro atoms. The summed E-state index contributed by atoms with van der Waals surface area (Å²) in [7, 11) is -8.04. The molecule has 3 aromatic carbocycles. The van der Waals surface area contributed by atoms with Gasteiger partial charge in [0.15, 0.2) is 0 Å². The normalized spacial score (nSPS) is 12.1.